The van der Waals surface area contributed by atoms with Crippen LogP contribution >= 0.6 is 0 Å². The van der Waals surface area contributed by atoms with E-state index in [0.29, 0.717) is 12.2 Å². The Morgan fingerprint density at radius 2 is 2.00 bits per heavy atom. The minimum atomic E-state index is 0.386. The van der Waals surface area contributed by atoms with E-state index in [1.807, 2.05) is 7.05 Å². The zero-order valence-electron chi connectivity index (χ0n) is 8.89. The van der Waals surface area contributed by atoms with Crippen LogP contribution in [0.1, 0.15) is 40.0 Å². The van der Waals surface area contributed by atoms with Crippen molar-refractivity contribution in [3.8, 4) is 0 Å². The molecule has 0 radical (unpaired) electrons. The molecule has 2 nitrogen and oxygen atoms in total. The van der Waals surface area contributed by atoms with Crippen molar-refractivity contribution in [2.75, 3.05) is 13.6 Å². The van der Waals surface area contributed by atoms with Crippen molar-refractivity contribution in [3.05, 3.63) is 0 Å². The molecule has 74 valence electrons. The third-order valence-electron chi connectivity index (χ3n) is 2.01. The lowest BCUT2D eigenvalue weighted by Crippen LogP contribution is -2.29. The van der Waals surface area contributed by atoms with Gasteiger partial charge in [0.2, 0.25) is 0 Å². The Labute approximate surface area is 76.7 Å². The summed E-state index contributed by atoms with van der Waals surface area (Å²) < 4.78 is 5.82. The molecule has 0 aromatic heterocycles. The fourth-order valence-corrected chi connectivity index (χ4v) is 1.32. The predicted octanol–water partition coefficient (Wildman–Crippen LogP) is 2.19. The fraction of sp³-hybridized carbons (Fsp3) is 1.00. The molecule has 2 atom stereocenters. The van der Waals surface area contributed by atoms with E-state index in [4.69, 9.17) is 4.74 Å². The van der Waals surface area contributed by atoms with Gasteiger partial charge in [-0.2, -0.15) is 0 Å². The summed E-state index contributed by atoms with van der Waals surface area (Å²) in [5.74, 6) is 0. The minimum Gasteiger partial charge on any atom is -0.374 e. The van der Waals surface area contributed by atoms with Gasteiger partial charge in [0.25, 0.3) is 0 Å². The van der Waals surface area contributed by atoms with Crippen LogP contribution in [0, 0.1) is 0 Å². The summed E-state index contributed by atoms with van der Waals surface area (Å²) in [6, 6.07) is 0. The van der Waals surface area contributed by atoms with E-state index in [0.717, 1.165) is 13.0 Å². The van der Waals surface area contributed by atoms with Crippen LogP contribution in [0.25, 0.3) is 0 Å². The molecule has 12 heavy (non-hydrogen) atoms. The van der Waals surface area contributed by atoms with Crippen molar-refractivity contribution < 1.29 is 4.74 Å². The molecule has 2 heteroatoms. The maximum Gasteiger partial charge on any atom is 0.0700 e. The largest absolute Gasteiger partial charge is 0.374 e. The zero-order valence-corrected chi connectivity index (χ0v) is 8.89. The van der Waals surface area contributed by atoms with Gasteiger partial charge in [-0.15, -0.1) is 0 Å². The minimum absolute atomic E-state index is 0.386. The van der Waals surface area contributed by atoms with Gasteiger partial charge in [-0.1, -0.05) is 20.3 Å². The average molecular weight is 173 g/mol. The smallest absolute Gasteiger partial charge is 0.0700 e. The number of hydrogen-bond acceptors (Lipinski definition) is 2. The van der Waals surface area contributed by atoms with Crippen LogP contribution in [0.5, 0.6) is 0 Å². The predicted molar refractivity (Wildman–Crippen MR) is 53.5 cm³/mol. The van der Waals surface area contributed by atoms with E-state index in [2.05, 4.69) is 26.1 Å². The highest BCUT2D eigenvalue weighted by Crippen LogP contribution is 2.06. The maximum atomic E-state index is 5.82. The quantitative estimate of drug-likeness (QED) is 0.637. The second kappa shape index (κ2) is 7.56. The van der Waals surface area contributed by atoms with Gasteiger partial charge in [-0.3, -0.25) is 0 Å². The molecule has 0 aromatic rings. The molecule has 0 spiro atoms. The normalized spacial score (nSPS) is 16.0. The Morgan fingerprint density at radius 3 is 2.42 bits per heavy atom. The van der Waals surface area contributed by atoms with Crippen molar-refractivity contribution >= 4 is 0 Å². The lowest BCUT2D eigenvalue weighted by molar-refractivity contribution is -0.00641. The van der Waals surface area contributed by atoms with Crippen LogP contribution in [-0.2, 0) is 4.74 Å². The van der Waals surface area contributed by atoms with Gasteiger partial charge in [-0.05, 0) is 26.8 Å². The molecule has 0 heterocycles. The van der Waals surface area contributed by atoms with Gasteiger partial charge < -0.3 is 10.1 Å². The van der Waals surface area contributed by atoms with E-state index >= 15 is 0 Å². The Balaban J connectivity index is 3.53. The van der Waals surface area contributed by atoms with Crippen molar-refractivity contribution in [2.45, 2.75) is 52.2 Å². The van der Waals surface area contributed by atoms with E-state index in [9.17, 15) is 0 Å². The van der Waals surface area contributed by atoms with E-state index in [-0.39, 0.29) is 0 Å². The first-order chi connectivity index (χ1) is 5.74. The Bertz CT molecular complexity index is 95.8. The van der Waals surface area contributed by atoms with Gasteiger partial charge in [-0.25, -0.2) is 0 Å². The molecule has 0 bridgehead atoms. The first-order valence-corrected chi connectivity index (χ1v) is 5.04. The highest BCUT2D eigenvalue weighted by molar-refractivity contribution is 4.60. The van der Waals surface area contributed by atoms with E-state index < -0.39 is 0 Å². The SMILES string of the molecule is CCCC(C)OC(CC)CNC. The Morgan fingerprint density at radius 1 is 1.33 bits per heavy atom. The second-order valence-corrected chi connectivity index (χ2v) is 3.32. The van der Waals surface area contributed by atoms with Crippen LogP contribution < -0.4 is 5.32 Å². The van der Waals surface area contributed by atoms with Crippen LogP contribution in [0.4, 0.5) is 0 Å². The molecule has 0 aromatic carbocycles. The van der Waals surface area contributed by atoms with E-state index in [1.54, 1.807) is 0 Å². The fourth-order valence-electron chi connectivity index (χ4n) is 1.32. The summed E-state index contributed by atoms with van der Waals surface area (Å²) in [7, 11) is 1.97. The molecular weight excluding hydrogens is 150 g/mol. The highest BCUT2D eigenvalue weighted by atomic mass is 16.5. The molecular formula is C10H23NO. The molecule has 0 aliphatic rings. The summed E-state index contributed by atoms with van der Waals surface area (Å²) >= 11 is 0. The van der Waals surface area contributed by atoms with Crippen molar-refractivity contribution in [1.82, 2.24) is 5.32 Å². The summed E-state index contributed by atoms with van der Waals surface area (Å²) in [4.78, 5) is 0. The van der Waals surface area contributed by atoms with Gasteiger partial charge in [0, 0.05) is 6.54 Å². The van der Waals surface area contributed by atoms with Gasteiger partial charge in [0.05, 0.1) is 12.2 Å². The zero-order chi connectivity index (χ0) is 9.40. The molecule has 1 N–H and O–H groups in total. The number of nitrogens with one attached hydrogen (secondary N) is 1. The Hall–Kier alpha value is -0.0800. The Kier molecular flexibility index (Phi) is 7.51. The van der Waals surface area contributed by atoms with Crippen LogP contribution in [0.15, 0.2) is 0 Å². The first kappa shape index (κ1) is 11.9. The summed E-state index contributed by atoms with van der Waals surface area (Å²) in [6.45, 7) is 7.48. The van der Waals surface area contributed by atoms with Gasteiger partial charge in [0.15, 0.2) is 0 Å². The van der Waals surface area contributed by atoms with Crippen LogP contribution in [0.3, 0.4) is 0 Å². The molecule has 0 aliphatic carbocycles. The molecule has 2 unspecified atom stereocenters. The number of hydrogen-bond donors (Lipinski definition) is 1. The summed E-state index contributed by atoms with van der Waals surface area (Å²) in [6.07, 6.45) is 4.26. The number of ether oxygens (including phenoxy) is 1. The van der Waals surface area contributed by atoms with Gasteiger partial charge in [0.1, 0.15) is 0 Å². The monoisotopic (exact) mass is 173 g/mol. The lowest BCUT2D eigenvalue weighted by atomic mass is 10.2. The van der Waals surface area contributed by atoms with Crippen molar-refractivity contribution in [1.29, 1.82) is 0 Å². The molecule has 0 rings (SSSR count). The highest BCUT2D eigenvalue weighted by Gasteiger charge is 2.09. The molecule has 0 saturated heterocycles. The number of rotatable bonds is 7. The third kappa shape index (κ3) is 5.56. The van der Waals surface area contributed by atoms with Crippen molar-refractivity contribution in [3.63, 3.8) is 0 Å². The number of likely N-dealkylation sites (N-methyl/N-ethyl adjacent to an activating group) is 1. The van der Waals surface area contributed by atoms with Gasteiger partial charge >= 0.3 is 0 Å². The second-order valence-electron chi connectivity index (χ2n) is 3.32. The first-order valence-electron chi connectivity index (χ1n) is 5.04. The van der Waals surface area contributed by atoms with Crippen LogP contribution in [-0.4, -0.2) is 25.8 Å². The van der Waals surface area contributed by atoms with Crippen LogP contribution in [0.2, 0.25) is 0 Å². The molecule has 0 aliphatic heterocycles. The third-order valence-corrected chi connectivity index (χ3v) is 2.01. The maximum absolute atomic E-state index is 5.82. The topological polar surface area (TPSA) is 21.3 Å². The molecule has 0 saturated carbocycles. The molecule has 0 fully saturated rings. The molecule has 0 amide bonds. The summed E-state index contributed by atoms with van der Waals surface area (Å²) in [5, 5.41) is 3.14. The average Bonchev–Trinajstić information content (AvgIpc) is 2.04. The summed E-state index contributed by atoms with van der Waals surface area (Å²) in [5.41, 5.74) is 0. The van der Waals surface area contributed by atoms with E-state index in [1.165, 1.54) is 12.8 Å². The standard InChI is InChI=1S/C10H23NO/c1-5-7-9(3)12-10(6-2)8-11-4/h9-11H,5-8H2,1-4H3. The lowest BCUT2D eigenvalue weighted by Gasteiger charge is -2.20. The van der Waals surface area contributed by atoms with Crippen molar-refractivity contribution in [2.24, 2.45) is 0 Å².